The second-order valence-electron chi connectivity index (χ2n) is 5.16. The third kappa shape index (κ3) is 9.67. The van der Waals surface area contributed by atoms with Crippen molar-refractivity contribution in [3.8, 4) is 0 Å². The summed E-state index contributed by atoms with van der Waals surface area (Å²) in [5, 5.41) is 7.95. The molecule has 0 aromatic carbocycles. The van der Waals surface area contributed by atoms with E-state index in [1.54, 1.807) is 12.2 Å². The second-order valence-corrected chi connectivity index (χ2v) is 6.19. The number of alkyl halides is 3. The van der Waals surface area contributed by atoms with Gasteiger partial charge in [-0.05, 0) is 18.4 Å². The highest BCUT2D eigenvalue weighted by molar-refractivity contribution is 7.09. The fourth-order valence-electron chi connectivity index (χ4n) is 1.82. The molecule has 0 aliphatic carbocycles. The van der Waals surface area contributed by atoms with Gasteiger partial charge in [-0.25, -0.2) is 4.79 Å². The van der Waals surface area contributed by atoms with Crippen LogP contribution in [0, 0.1) is 0 Å². The molecule has 140 valence electrons. The SMILES string of the molecule is CC[NH+](CC(=O)NCc1cccs1)CC(=O)NC(=O)NCC(F)(F)F. The van der Waals surface area contributed by atoms with Gasteiger partial charge >= 0.3 is 12.2 Å². The van der Waals surface area contributed by atoms with Crippen molar-refractivity contribution in [2.45, 2.75) is 19.6 Å². The lowest BCUT2D eigenvalue weighted by atomic mass is 10.4. The Bertz CT molecular complexity index is 578. The van der Waals surface area contributed by atoms with Crippen LogP contribution in [0.3, 0.4) is 0 Å². The van der Waals surface area contributed by atoms with Gasteiger partial charge in [0.15, 0.2) is 13.1 Å². The lowest BCUT2D eigenvalue weighted by Crippen LogP contribution is -3.14. The molecule has 0 fully saturated rings. The molecule has 1 atom stereocenters. The Morgan fingerprint density at radius 3 is 2.40 bits per heavy atom. The number of amides is 4. The number of carbonyl (C=O) groups is 3. The van der Waals surface area contributed by atoms with Crippen molar-refractivity contribution in [1.29, 1.82) is 0 Å². The van der Waals surface area contributed by atoms with Crippen LogP contribution in [0.1, 0.15) is 11.8 Å². The Hall–Kier alpha value is -2.14. The summed E-state index contributed by atoms with van der Waals surface area (Å²) in [6.45, 7) is 0.853. The molecule has 0 bridgehead atoms. The first kappa shape index (κ1) is 20.9. The van der Waals surface area contributed by atoms with Gasteiger partial charge in [-0.2, -0.15) is 13.2 Å². The van der Waals surface area contributed by atoms with Gasteiger partial charge in [-0.1, -0.05) is 6.07 Å². The van der Waals surface area contributed by atoms with Gasteiger partial charge in [-0.3, -0.25) is 14.9 Å². The molecular weight excluding hydrogens is 361 g/mol. The number of hydrogen-bond acceptors (Lipinski definition) is 4. The quantitative estimate of drug-likeness (QED) is 0.496. The van der Waals surface area contributed by atoms with Crippen LogP contribution in [-0.4, -0.2) is 50.2 Å². The fraction of sp³-hybridized carbons (Fsp3) is 0.500. The maximum absolute atomic E-state index is 12.0. The van der Waals surface area contributed by atoms with Crippen LogP contribution in [0.2, 0.25) is 0 Å². The molecule has 1 heterocycles. The van der Waals surface area contributed by atoms with Crippen molar-refractivity contribution in [2.75, 3.05) is 26.2 Å². The fourth-order valence-corrected chi connectivity index (χ4v) is 2.47. The zero-order chi connectivity index (χ0) is 18.9. The number of urea groups is 1. The Kier molecular flexibility index (Phi) is 8.35. The minimum absolute atomic E-state index is 0.0134. The van der Waals surface area contributed by atoms with Crippen LogP contribution in [0.5, 0.6) is 0 Å². The van der Waals surface area contributed by atoms with Gasteiger partial charge in [0.25, 0.3) is 11.8 Å². The van der Waals surface area contributed by atoms with Gasteiger partial charge in [0.05, 0.1) is 13.1 Å². The number of nitrogens with one attached hydrogen (secondary N) is 4. The molecule has 7 nitrogen and oxygen atoms in total. The molecule has 4 amide bonds. The predicted octanol–water partition coefficient (Wildman–Crippen LogP) is -0.343. The highest BCUT2D eigenvalue weighted by atomic mass is 32.1. The van der Waals surface area contributed by atoms with E-state index in [1.807, 2.05) is 17.5 Å². The van der Waals surface area contributed by atoms with Crippen LogP contribution in [0.15, 0.2) is 17.5 Å². The molecule has 0 saturated carbocycles. The number of likely N-dealkylation sites (N-methyl/N-ethyl adjacent to an activating group) is 1. The van der Waals surface area contributed by atoms with Crippen molar-refractivity contribution in [1.82, 2.24) is 16.0 Å². The largest absolute Gasteiger partial charge is 0.405 e. The zero-order valence-corrected chi connectivity index (χ0v) is 14.4. The Balaban J connectivity index is 2.32. The van der Waals surface area contributed by atoms with E-state index >= 15 is 0 Å². The molecule has 0 saturated heterocycles. The second kappa shape index (κ2) is 9.99. The summed E-state index contributed by atoms with van der Waals surface area (Å²) in [5.74, 6) is -1.03. The maximum Gasteiger partial charge on any atom is 0.405 e. The van der Waals surface area contributed by atoms with E-state index < -0.39 is 24.7 Å². The molecule has 0 radical (unpaired) electrons. The van der Waals surface area contributed by atoms with E-state index in [0.29, 0.717) is 18.0 Å². The molecule has 1 aromatic rings. The van der Waals surface area contributed by atoms with E-state index in [-0.39, 0.29) is 19.0 Å². The number of halogens is 3. The van der Waals surface area contributed by atoms with Gasteiger partial charge in [0.2, 0.25) is 0 Å². The van der Waals surface area contributed by atoms with Crippen molar-refractivity contribution in [3.05, 3.63) is 22.4 Å². The van der Waals surface area contributed by atoms with Crippen molar-refractivity contribution < 1.29 is 32.5 Å². The summed E-state index contributed by atoms with van der Waals surface area (Å²) in [6, 6.07) is 2.52. The third-order valence-corrected chi connectivity index (χ3v) is 3.94. The van der Waals surface area contributed by atoms with Crippen LogP contribution in [0.25, 0.3) is 0 Å². The molecule has 4 N–H and O–H groups in total. The van der Waals surface area contributed by atoms with E-state index in [2.05, 4.69) is 5.32 Å². The number of quaternary nitrogens is 1. The Morgan fingerprint density at radius 1 is 1.16 bits per heavy atom. The average molecular weight is 381 g/mol. The number of carbonyl (C=O) groups excluding carboxylic acids is 3. The summed E-state index contributed by atoms with van der Waals surface area (Å²) in [4.78, 5) is 36.3. The zero-order valence-electron chi connectivity index (χ0n) is 13.5. The van der Waals surface area contributed by atoms with Crippen LogP contribution >= 0.6 is 11.3 Å². The number of imide groups is 1. The number of rotatable bonds is 8. The summed E-state index contributed by atoms with van der Waals surface area (Å²) >= 11 is 1.50. The Morgan fingerprint density at radius 2 is 1.84 bits per heavy atom. The normalized spacial score (nSPS) is 12.3. The number of thiophene rings is 1. The molecule has 0 aliphatic heterocycles. The van der Waals surface area contributed by atoms with Crippen molar-refractivity contribution in [3.63, 3.8) is 0 Å². The summed E-state index contributed by atoms with van der Waals surface area (Å²) in [6.07, 6.45) is -4.55. The van der Waals surface area contributed by atoms with Gasteiger partial charge in [-0.15, -0.1) is 11.3 Å². The van der Waals surface area contributed by atoms with E-state index in [4.69, 9.17) is 0 Å². The number of hydrogen-bond donors (Lipinski definition) is 4. The van der Waals surface area contributed by atoms with Gasteiger partial charge in [0.1, 0.15) is 6.54 Å². The van der Waals surface area contributed by atoms with Crippen molar-refractivity contribution in [2.24, 2.45) is 0 Å². The molecular formula is C14H20F3N4O3S+. The average Bonchev–Trinajstić information content (AvgIpc) is 3.03. The molecule has 1 rings (SSSR count). The summed E-state index contributed by atoms with van der Waals surface area (Å²) < 4.78 is 35.9. The molecule has 0 spiro atoms. The lowest BCUT2D eigenvalue weighted by molar-refractivity contribution is -0.881. The Labute approximate surface area is 146 Å². The van der Waals surface area contributed by atoms with Gasteiger partial charge in [0, 0.05) is 4.88 Å². The van der Waals surface area contributed by atoms with Crippen LogP contribution in [0.4, 0.5) is 18.0 Å². The summed E-state index contributed by atoms with van der Waals surface area (Å²) in [5.41, 5.74) is 0. The molecule has 0 aliphatic rings. The van der Waals surface area contributed by atoms with E-state index in [1.165, 1.54) is 16.7 Å². The minimum atomic E-state index is -4.55. The third-order valence-electron chi connectivity index (χ3n) is 3.06. The molecule has 25 heavy (non-hydrogen) atoms. The molecule has 1 unspecified atom stereocenters. The smallest absolute Gasteiger partial charge is 0.346 e. The monoisotopic (exact) mass is 381 g/mol. The standard InChI is InChI=1S/C14H19F3N4O3S/c1-2-21(7-11(22)18-6-10-4-3-5-25-10)8-12(23)20-13(24)19-9-14(15,16)17/h3-5H,2,6-9H2,1H3,(H,18,22)(H2,19,20,23,24)/p+1. The van der Waals surface area contributed by atoms with E-state index in [9.17, 15) is 27.6 Å². The lowest BCUT2D eigenvalue weighted by Gasteiger charge is -2.16. The van der Waals surface area contributed by atoms with E-state index in [0.717, 1.165) is 4.88 Å². The van der Waals surface area contributed by atoms with Crippen LogP contribution < -0.4 is 20.9 Å². The molecule has 11 heteroatoms. The van der Waals surface area contributed by atoms with Crippen LogP contribution in [-0.2, 0) is 16.1 Å². The maximum atomic E-state index is 12.0. The predicted molar refractivity (Wildman–Crippen MR) is 85.0 cm³/mol. The topological polar surface area (TPSA) is 91.7 Å². The first-order chi connectivity index (χ1) is 11.7. The van der Waals surface area contributed by atoms with Crippen molar-refractivity contribution >= 4 is 29.2 Å². The highest BCUT2D eigenvalue weighted by Crippen LogP contribution is 2.11. The van der Waals surface area contributed by atoms with Gasteiger partial charge < -0.3 is 15.5 Å². The highest BCUT2D eigenvalue weighted by Gasteiger charge is 2.28. The first-order valence-corrected chi connectivity index (χ1v) is 8.34. The first-order valence-electron chi connectivity index (χ1n) is 7.46. The minimum Gasteiger partial charge on any atom is -0.346 e. The molecule has 1 aromatic heterocycles. The summed E-state index contributed by atoms with van der Waals surface area (Å²) in [7, 11) is 0.